The molecule has 0 bridgehead atoms. The lowest BCUT2D eigenvalue weighted by Crippen LogP contribution is -2.32. The second-order valence-electron chi connectivity index (χ2n) is 5.33. The van der Waals surface area contributed by atoms with Gasteiger partial charge in [-0.1, -0.05) is 18.9 Å². The molecule has 0 spiro atoms. The number of ether oxygens (including phenoxy) is 1. The van der Waals surface area contributed by atoms with Gasteiger partial charge in [-0.15, -0.1) is 0 Å². The van der Waals surface area contributed by atoms with E-state index >= 15 is 0 Å². The third-order valence-electron chi connectivity index (χ3n) is 4.13. The molecule has 106 valence electrons. The molecule has 2 N–H and O–H groups in total. The smallest absolute Gasteiger partial charge is 0.179 e. The lowest BCUT2D eigenvalue weighted by molar-refractivity contribution is 0.400. The maximum Gasteiger partial charge on any atom is 0.179 e. The first-order valence-corrected chi connectivity index (χ1v) is 8.41. The van der Waals surface area contributed by atoms with Gasteiger partial charge in [0.15, 0.2) is 9.84 Å². The number of nitrogens with two attached hydrogens (primary N) is 1. The highest BCUT2D eigenvalue weighted by molar-refractivity contribution is 7.90. The number of rotatable bonds is 4. The van der Waals surface area contributed by atoms with Gasteiger partial charge in [0, 0.05) is 18.2 Å². The third kappa shape index (κ3) is 2.62. The SMILES string of the molecule is COc1ccc(C2(CN)CCCC2)cc1S(C)(=O)=O. The monoisotopic (exact) mass is 283 g/mol. The van der Waals surface area contributed by atoms with Crippen LogP contribution in [0.1, 0.15) is 31.2 Å². The van der Waals surface area contributed by atoms with Crippen LogP contribution >= 0.6 is 0 Å². The zero-order valence-corrected chi connectivity index (χ0v) is 12.3. The minimum Gasteiger partial charge on any atom is -0.495 e. The van der Waals surface area contributed by atoms with Crippen molar-refractivity contribution in [1.29, 1.82) is 0 Å². The molecule has 1 saturated carbocycles. The Bertz CT molecular complexity index is 560. The van der Waals surface area contributed by atoms with Crippen molar-refractivity contribution in [3.8, 4) is 5.75 Å². The van der Waals surface area contributed by atoms with Gasteiger partial charge in [0.1, 0.15) is 10.6 Å². The van der Waals surface area contributed by atoms with Crippen LogP contribution in [-0.2, 0) is 15.3 Å². The maximum atomic E-state index is 11.9. The zero-order valence-electron chi connectivity index (χ0n) is 11.5. The molecule has 2 rings (SSSR count). The van der Waals surface area contributed by atoms with Gasteiger partial charge in [0.05, 0.1) is 7.11 Å². The summed E-state index contributed by atoms with van der Waals surface area (Å²) in [5.41, 5.74) is 6.91. The van der Waals surface area contributed by atoms with E-state index in [1.54, 1.807) is 12.1 Å². The van der Waals surface area contributed by atoms with Gasteiger partial charge >= 0.3 is 0 Å². The fourth-order valence-corrected chi connectivity index (χ4v) is 3.82. The van der Waals surface area contributed by atoms with Crippen molar-refractivity contribution in [2.75, 3.05) is 19.9 Å². The molecule has 0 atom stereocenters. The number of methoxy groups -OCH3 is 1. The van der Waals surface area contributed by atoms with Gasteiger partial charge in [0.2, 0.25) is 0 Å². The second-order valence-corrected chi connectivity index (χ2v) is 7.31. The van der Waals surface area contributed by atoms with Crippen LogP contribution in [0.2, 0.25) is 0 Å². The van der Waals surface area contributed by atoms with Gasteiger partial charge < -0.3 is 10.5 Å². The summed E-state index contributed by atoms with van der Waals surface area (Å²) in [5.74, 6) is 0.399. The first-order valence-electron chi connectivity index (χ1n) is 6.52. The van der Waals surface area contributed by atoms with Crippen molar-refractivity contribution in [2.24, 2.45) is 5.73 Å². The van der Waals surface area contributed by atoms with Gasteiger partial charge in [-0.2, -0.15) is 0 Å². The average Bonchev–Trinajstić information content (AvgIpc) is 2.87. The normalized spacial score (nSPS) is 18.5. The summed E-state index contributed by atoms with van der Waals surface area (Å²) >= 11 is 0. The van der Waals surface area contributed by atoms with E-state index in [9.17, 15) is 8.42 Å². The number of hydrogen-bond acceptors (Lipinski definition) is 4. The number of sulfone groups is 1. The lowest BCUT2D eigenvalue weighted by Gasteiger charge is -2.28. The van der Waals surface area contributed by atoms with Crippen LogP contribution in [0.4, 0.5) is 0 Å². The summed E-state index contributed by atoms with van der Waals surface area (Å²) in [7, 11) is -1.81. The molecule has 0 heterocycles. The van der Waals surface area contributed by atoms with Crippen LogP contribution in [0, 0.1) is 0 Å². The largest absolute Gasteiger partial charge is 0.495 e. The molecule has 4 nitrogen and oxygen atoms in total. The molecular weight excluding hydrogens is 262 g/mol. The molecule has 0 radical (unpaired) electrons. The lowest BCUT2D eigenvalue weighted by atomic mass is 9.79. The standard InChI is InChI=1S/C14H21NO3S/c1-18-12-6-5-11(9-13(12)19(2,16)17)14(10-15)7-3-4-8-14/h5-6,9H,3-4,7-8,10,15H2,1-2H3. The Morgan fingerprint density at radius 3 is 2.42 bits per heavy atom. The van der Waals surface area contributed by atoms with Gasteiger partial charge in [-0.25, -0.2) is 8.42 Å². The highest BCUT2D eigenvalue weighted by Gasteiger charge is 2.35. The topological polar surface area (TPSA) is 69.4 Å². The first kappa shape index (κ1) is 14.3. The minimum absolute atomic E-state index is 0.0638. The Morgan fingerprint density at radius 2 is 1.95 bits per heavy atom. The van der Waals surface area contributed by atoms with Crippen molar-refractivity contribution < 1.29 is 13.2 Å². The summed E-state index contributed by atoms with van der Waals surface area (Å²) < 4.78 is 28.9. The Kier molecular flexibility index (Phi) is 3.87. The van der Waals surface area contributed by atoms with Crippen molar-refractivity contribution in [3.05, 3.63) is 23.8 Å². The van der Waals surface area contributed by atoms with E-state index in [1.165, 1.54) is 13.4 Å². The Morgan fingerprint density at radius 1 is 1.32 bits per heavy atom. The second kappa shape index (κ2) is 5.13. The minimum atomic E-state index is -3.30. The Hall–Kier alpha value is -1.07. The van der Waals surface area contributed by atoms with E-state index < -0.39 is 9.84 Å². The summed E-state index contributed by atoms with van der Waals surface area (Å²) in [5, 5.41) is 0. The van der Waals surface area contributed by atoms with Crippen LogP contribution in [0.25, 0.3) is 0 Å². The molecule has 1 aromatic rings. The summed E-state index contributed by atoms with van der Waals surface area (Å²) in [6.45, 7) is 0.558. The van der Waals surface area contributed by atoms with Gasteiger partial charge in [0.25, 0.3) is 0 Å². The quantitative estimate of drug-likeness (QED) is 0.916. The van der Waals surface area contributed by atoms with Crippen LogP contribution in [0.3, 0.4) is 0 Å². The average molecular weight is 283 g/mol. The molecule has 1 aromatic carbocycles. The molecule has 19 heavy (non-hydrogen) atoms. The highest BCUT2D eigenvalue weighted by Crippen LogP contribution is 2.42. The molecule has 0 aliphatic heterocycles. The number of hydrogen-bond donors (Lipinski definition) is 1. The van der Waals surface area contributed by atoms with Crippen molar-refractivity contribution in [3.63, 3.8) is 0 Å². The van der Waals surface area contributed by atoms with Crippen molar-refractivity contribution >= 4 is 9.84 Å². The molecular formula is C14H21NO3S. The van der Waals surface area contributed by atoms with Crippen LogP contribution in [-0.4, -0.2) is 28.3 Å². The fourth-order valence-electron chi connectivity index (χ4n) is 2.96. The third-order valence-corrected chi connectivity index (χ3v) is 5.24. The predicted molar refractivity (Wildman–Crippen MR) is 75.3 cm³/mol. The van der Waals surface area contributed by atoms with Crippen LogP contribution in [0.15, 0.2) is 23.1 Å². The molecule has 0 saturated heterocycles. The van der Waals surface area contributed by atoms with E-state index in [1.807, 2.05) is 6.07 Å². The first-order chi connectivity index (χ1) is 8.93. The van der Waals surface area contributed by atoms with Crippen molar-refractivity contribution in [2.45, 2.75) is 36.0 Å². The van der Waals surface area contributed by atoms with Crippen LogP contribution in [0.5, 0.6) is 5.75 Å². The Labute approximate surface area is 114 Å². The molecule has 5 heteroatoms. The fraction of sp³-hybridized carbons (Fsp3) is 0.571. The molecule has 0 unspecified atom stereocenters. The van der Waals surface area contributed by atoms with E-state index in [2.05, 4.69) is 0 Å². The summed E-state index contributed by atoms with van der Waals surface area (Å²) in [6.07, 6.45) is 5.56. The van der Waals surface area contributed by atoms with Gasteiger partial charge in [-0.3, -0.25) is 0 Å². The van der Waals surface area contributed by atoms with E-state index in [4.69, 9.17) is 10.5 Å². The molecule has 1 aliphatic rings. The zero-order chi connectivity index (χ0) is 14.1. The van der Waals surface area contributed by atoms with E-state index in [-0.39, 0.29) is 10.3 Å². The molecule has 1 aliphatic carbocycles. The summed E-state index contributed by atoms with van der Waals surface area (Å²) in [4.78, 5) is 0.257. The van der Waals surface area contributed by atoms with E-state index in [0.717, 1.165) is 31.2 Å². The summed E-state index contributed by atoms with van der Waals surface area (Å²) in [6, 6.07) is 5.43. The molecule has 0 aromatic heterocycles. The predicted octanol–water partition coefficient (Wildman–Crippen LogP) is 1.87. The van der Waals surface area contributed by atoms with E-state index in [0.29, 0.717) is 12.3 Å². The highest BCUT2D eigenvalue weighted by atomic mass is 32.2. The van der Waals surface area contributed by atoms with Gasteiger partial charge in [-0.05, 0) is 30.5 Å². The van der Waals surface area contributed by atoms with Crippen LogP contribution < -0.4 is 10.5 Å². The van der Waals surface area contributed by atoms with Crippen molar-refractivity contribution in [1.82, 2.24) is 0 Å². The number of benzene rings is 1. The molecule has 1 fully saturated rings. The molecule has 0 amide bonds. The maximum absolute atomic E-state index is 11.9. The Balaban J connectivity index is 2.55.